The molecule has 126 valence electrons. The van der Waals surface area contributed by atoms with Gasteiger partial charge in [-0.1, -0.05) is 24.3 Å². The molecule has 0 saturated heterocycles. The molecule has 0 saturated carbocycles. The number of hydrogen-bond donors (Lipinski definition) is 1. The lowest BCUT2D eigenvalue weighted by atomic mass is 10.2. The number of nitrogens with one attached hydrogen (secondary N) is 1. The maximum atomic E-state index is 11.8. The van der Waals surface area contributed by atoms with Crippen LogP contribution in [0.5, 0.6) is 17.2 Å². The van der Waals surface area contributed by atoms with E-state index >= 15 is 0 Å². The number of hydrogen-bond acceptors (Lipinski definition) is 5. The Balaban J connectivity index is 1.87. The molecule has 0 aliphatic heterocycles. The highest BCUT2D eigenvalue weighted by Gasteiger charge is 2.06. The van der Waals surface area contributed by atoms with Gasteiger partial charge in [0, 0.05) is 5.56 Å². The van der Waals surface area contributed by atoms with E-state index in [4.69, 9.17) is 14.2 Å². The van der Waals surface area contributed by atoms with Crippen LogP contribution in [0, 0.1) is 0 Å². The normalized spacial score (nSPS) is 10.4. The van der Waals surface area contributed by atoms with Gasteiger partial charge in [-0.3, -0.25) is 4.79 Å². The molecule has 1 N–H and O–H groups in total. The zero-order valence-corrected chi connectivity index (χ0v) is 13.7. The molecular weight excluding hydrogens is 308 g/mol. The smallest absolute Gasteiger partial charge is 0.277 e. The van der Waals surface area contributed by atoms with Crippen molar-refractivity contribution in [1.82, 2.24) is 5.43 Å². The molecule has 6 nitrogen and oxygen atoms in total. The molecule has 0 unspecified atom stereocenters. The Morgan fingerprint density at radius 3 is 2.33 bits per heavy atom. The molecule has 2 aromatic carbocycles. The minimum Gasteiger partial charge on any atom is -0.496 e. The fraction of sp³-hybridized carbons (Fsp3) is 0.222. The summed E-state index contributed by atoms with van der Waals surface area (Å²) < 4.78 is 16.1. The number of ether oxygens (including phenoxy) is 3. The minimum absolute atomic E-state index is 0.159. The van der Waals surface area contributed by atoms with Crippen LogP contribution >= 0.6 is 0 Å². The molecule has 0 fully saturated rings. The molecule has 0 heterocycles. The first-order chi connectivity index (χ1) is 11.7. The number of rotatable bonds is 8. The third-order valence-corrected chi connectivity index (χ3v) is 3.04. The van der Waals surface area contributed by atoms with E-state index in [-0.39, 0.29) is 12.5 Å². The molecule has 0 spiro atoms. The van der Waals surface area contributed by atoms with Crippen molar-refractivity contribution in [3.63, 3.8) is 0 Å². The van der Waals surface area contributed by atoms with Crippen LogP contribution in [0.15, 0.2) is 53.6 Å². The number of hydrazone groups is 1. The van der Waals surface area contributed by atoms with Crippen LogP contribution in [0.2, 0.25) is 0 Å². The van der Waals surface area contributed by atoms with Gasteiger partial charge < -0.3 is 14.2 Å². The van der Waals surface area contributed by atoms with Gasteiger partial charge in [-0.05, 0) is 31.2 Å². The van der Waals surface area contributed by atoms with Crippen molar-refractivity contribution >= 4 is 12.1 Å². The van der Waals surface area contributed by atoms with Gasteiger partial charge in [0.15, 0.2) is 18.1 Å². The van der Waals surface area contributed by atoms with Crippen LogP contribution in [0.1, 0.15) is 12.5 Å². The lowest BCUT2D eigenvalue weighted by Gasteiger charge is -2.10. The molecular formula is C18H20N2O4. The molecule has 0 aliphatic carbocycles. The second kappa shape index (κ2) is 9.19. The Morgan fingerprint density at radius 2 is 1.67 bits per heavy atom. The van der Waals surface area contributed by atoms with E-state index < -0.39 is 0 Å². The molecule has 24 heavy (non-hydrogen) atoms. The van der Waals surface area contributed by atoms with Crippen LogP contribution in [0.4, 0.5) is 0 Å². The highest BCUT2D eigenvalue weighted by atomic mass is 16.5. The van der Waals surface area contributed by atoms with Gasteiger partial charge in [0.25, 0.3) is 5.91 Å². The summed E-state index contributed by atoms with van der Waals surface area (Å²) in [7, 11) is 1.58. The van der Waals surface area contributed by atoms with Crippen molar-refractivity contribution in [3.8, 4) is 17.2 Å². The quantitative estimate of drug-likeness (QED) is 0.597. The van der Waals surface area contributed by atoms with Gasteiger partial charge in [-0.15, -0.1) is 0 Å². The second-order valence-electron chi connectivity index (χ2n) is 4.70. The fourth-order valence-corrected chi connectivity index (χ4v) is 1.97. The summed E-state index contributed by atoms with van der Waals surface area (Å²) in [4.78, 5) is 11.8. The molecule has 1 amide bonds. The lowest BCUT2D eigenvalue weighted by Crippen LogP contribution is -2.24. The van der Waals surface area contributed by atoms with E-state index in [1.165, 1.54) is 6.21 Å². The topological polar surface area (TPSA) is 69.2 Å². The summed E-state index contributed by atoms with van der Waals surface area (Å²) >= 11 is 0. The van der Waals surface area contributed by atoms with Crippen molar-refractivity contribution in [2.75, 3.05) is 20.3 Å². The van der Waals surface area contributed by atoms with E-state index in [9.17, 15) is 4.79 Å². The van der Waals surface area contributed by atoms with Gasteiger partial charge >= 0.3 is 0 Å². The second-order valence-corrected chi connectivity index (χ2v) is 4.70. The Bertz CT molecular complexity index is 701. The molecule has 0 radical (unpaired) electrons. The van der Waals surface area contributed by atoms with Gasteiger partial charge in [-0.25, -0.2) is 5.43 Å². The number of benzene rings is 2. The lowest BCUT2D eigenvalue weighted by molar-refractivity contribution is -0.123. The molecule has 0 aliphatic rings. The highest BCUT2D eigenvalue weighted by Crippen LogP contribution is 2.26. The van der Waals surface area contributed by atoms with Crippen molar-refractivity contribution in [2.45, 2.75) is 6.92 Å². The number of para-hydroxylation sites is 3. The van der Waals surface area contributed by atoms with Crippen molar-refractivity contribution < 1.29 is 19.0 Å². The van der Waals surface area contributed by atoms with Crippen LogP contribution < -0.4 is 19.6 Å². The van der Waals surface area contributed by atoms with Gasteiger partial charge in [0.2, 0.25) is 0 Å². The van der Waals surface area contributed by atoms with Gasteiger partial charge in [-0.2, -0.15) is 5.10 Å². The zero-order chi connectivity index (χ0) is 17.2. The Hall–Kier alpha value is -3.02. The molecule has 2 rings (SSSR count). The van der Waals surface area contributed by atoms with E-state index in [0.717, 1.165) is 5.56 Å². The van der Waals surface area contributed by atoms with Gasteiger partial charge in [0.1, 0.15) is 5.75 Å². The van der Waals surface area contributed by atoms with E-state index in [1.54, 1.807) is 19.2 Å². The highest BCUT2D eigenvalue weighted by molar-refractivity contribution is 5.85. The maximum absolute atomic E-state index is 11.8. The SMILES string of the molecule is CCOc1ccccc1OCC(=O)N/N=C/c1ccccc1OC. The van der Waals surface area contributed by atoms with Crippen LogP contribution in [-0.4, -0.2) is 32.4 Å². The predicted molar refractivity (Wildman–Crippen MR) is 91.8 cm³/mol. The molecule has 2 aromatic rings. The summed E-state index contributed by atoms with van der Waals surface area (Å²) in [6.07, 6.45) is 1.52. The molecule has 0 bridgehead atoms. The summed E-state index contributed by atoms with van der Waals surface area (Å²) in [5.74, 6) is 1.43. The Kier molecular flexibility index (Phi) is 6.64. The standard InChI is InChI=1S/C18H20N2O4/c1-3-23-16-10-6-7-11-17(16)24-13-18(21)20-19-12-14-8-4-5-9-15(14)22-2/h4-12H,3,13H2,1-2H3,(H,20,21)/b19-12+. The third kappa shape index (κ3) is 5.01. The summed E-state index contributed by atoms with van der Waals surface area (Å²) in [6, 6.07) is 14.6. The Morgan fingerprint density at radius 1 is 1.04 bits per heavy atom. The number of carbonyl (C=O) groups is 1. The van der Waals surface area contributed by atoms with Crippen LogP contribution in [0.25, 0.3) is 0 Å². The number of carbonyl (C=O) groups excluding carboxylic acids is 1. The van der Waals surface area contributed by atoms with E-state index in [1.807, 2.05) is 43.3 Å². The number of methoxy groups -OCH3 is 1. The first-order valence-electron chi connectivity index (χ1n) is 7.54. The van der Waals surface area contributed by atoms with Crippen molar-refractivity contribution in [1.29, 1.82) is 0 Å². The summed E-state index contributed by atoms with van der Waals surface area (Å²) in [5, 5.41) is 3.91. The largest absolute Gasteiger partial charge is 0.496 e. The van der Waals surface area contributed by atoms with Crippen LogP contribution in [0.3, 0.4) is 0 Å². The first-order valence-corrected chi connectivity index (χ1v) is 7.54. The Labute approximate surface area is 141 Å². The minimum atomic E-state index is -0.368. The molecule has 0 atom stereocenters. The van der Waals surface area contributed by atoms with Crippen molar-refractivity contribution in [3.05, 3.63) is 54.1 Å². The summed E-state index contributed by atoms with van der Waals surface area (Å²) in [6.45, 7) is 2.25. The van der Waals surface area contributed by atoms with Gasteiger partial charge in [0.05, 0.1) is 19.9 Å². The average molecular weight is 328 g/mol. The number of nitrogens with zero attached hydrogens (tertiary/aromatic N) is 1. The predicted octanol–water partition coefficient (Wildman–Crippen LogP) is 2.62. The van der Waals surface area contributed by atoms with E-state index in [2.05, 4.69) is 10.5 Å². The summed E-state index contributed by atoms with van der Waals surface area (Å²) in [5.41, 5.74) is 3.18. The molecule has 6 heteroatoms. The fourth-order valence-electron chi connectivity index (χ4n) is 1.97. The average Bonchev–Trinajstić information content (AvgIpc) is 2.61. The monoisotopic (exact) mass is 328 g/mol. The zero-order valence-electron chi connectivity index (χ0n) is 13.7. The van der Waals surface area contributed by atoms with E-state index in [0.29, 0.717) is 23.9 Å². The third-order valence-electron chi connectivity index (χ3n) is 3.04. The molecule has 0 aromatic heterocycles. The number of amides is 1. The van der Waals surface area contributed by atoms with Crippen LogP contribution in [-0.2, 0) is 4.79 Å². The van der Waals surface area contributed by atoms with Crippen molar-refractivity contribution in [2.24, 2.45) is 5.10 Å². The maximum Gasteiger partial charge on any atom is 0.277 e. The first kappa shape index (κ1) is 17.3.